The zero-order chi connectivity index (χ0) is 13.1. The maximum Gasteiger partial charge on any atom is 0.240 e. The van der Waals surface area contributed by atoms with Crippen LogP contribution in [0.3, 0.4) is 0 Å². The Hall–Kier alpha value is -1.36. The predicted octanol–water partition coefficient (Wildman–Crippen LogP) is 2.54. The molecule has 4 nitrogen and oxygen atoms in total. The van der Waals surface area contributed by atoms with E-state index in [9.17, 15) is 9.59 Å². The topological polar surface area (TPSA) is 49.4 Å². The lowest BCUT2D eigenvalue weighted by molar-refractivity contribution is -0.119. The molecule has 2 amide bonds. The van der Waals surface area contributed by atoms with Crippen LogP contribution < -0.4 is 10.2 Å². The van der Waals surface area contributed by atoms with E-state index in [1.54, 1.807) is 4.90 Å². The largest absolute Gasteiger partial charge is 0.326 e. The van der Waals surface area contributed by atoms with Crippen LogP contribution in [0, 0.1) is 0 Å². The van der Waals surface area contributed by atoms with E-state index in [1.165, 1.54) is 6.92 Å². The summed E-state index contributed by atoms with van der Waals surface area (Å²) in [6.45, 7) is 2.22. The molecule has 1 saturated heterocycles. The number of carbonyl (C=O) groups excluding carboxylic acids is 2. The molecule has 1 unspecified atom stereocenters. The van der Waals surface area contributed by atoms with Crippen molar-refractivity contribution in [3.05, 3.63) is 24.3 Å². The molecule has 0 spiro atoms. The second kappa shape index (κ2) is 5.52. The molecule has 0 aromatic heterocycles. The average molecular weight is 311 g/mol. The number of rotatable bonds is 2. The zero-order valence-electron chi connectivity index (χ0n) is 10.1. The molecule has 1 aromatic carbocycles. The van der Waals surface area contributed by atoms with Crippen molar-refractivity contribution in [1.82, 2.24) is 0 Å². The first kappa shape index (κ1) is 13.1. The number of piperidine rings is 1. The highest BCUT2D eigenvalue weighted by Crippen LogP contribution is 2.25. The number of benzene rings is 1. The van der Waals surface area contributed by atoms with Crippen LogP contribution >= 0.6 is 15.9 Å². The molecule has 18 heavy (non-hydrogen) atoms. The zero-order valence-corrected chi connectivity index (χ0v) is 11.7. The summed E-state index contributed by atoms with van der Waals surface area (Å²) in [5, 5.41) is 2.70. The van der Waals surface area contributed by atoms with Gasteiger partial charge in [0.25, 0.3) is 0 Å². The highest BCUT2D eigenvalue weighted by molar-refractivity contribution is 9.10. The second-order valence-electron chi connectivity index (χ2n) is 4.33. The summed E-state index contributed by atoms with van der Waals surface area (Å²) in [6.07, 6.45) is 1.88. The Morgan fingerprint density at radius 3 is 2.67 bits per heavy atom. The van der Waals surface area contributed by atoms with Gasteiger partial charge in [-0.25, -0.2) is 0 Å². The lowest BCUT2D eigenvalue weighted by Crippen LogP contribution is -2.41. The summed E-state index contributed by atoms with van der Waals surface area (Å²) in [4.78, 5) is 24.6. The summed E-state index contributed by atoms with van der Waals surface area (Å²) in [6, 6.07) is 7.33. The molecular formula is C13H15BrN2O2. The Balaban J connectivity index is 2.13. The lowest BCUT2D eigenvalue weighted by atomic mass is 10.1. The van der Waals surface area contributed by atoms with E-state index in [0.29, 0.717) is 0 Å². The van der Waals surface area contributed by atoms with Crippen molar-refractivity contribution in [1.29, 1.82) is 0 Å². The fourth-order valence-corrected chi connectivity index (χ4v) is 2.59. The Morgan fingerprint density at radius 2 is 2.06 bits per heavy atom. The molecule has 2 rings (SSSR count). The molecule has 5 heteroatoms. The molecule has 0 saturated carbocycles. The first-order chi connectivity index (χ1) is 8.58. The van der Waals surface area contributed by atoms with Gasteiger partial charge in [-0.05, 0) is 37.1 Å². The quantitative estimate of drug-likeness (QED) is 0.853. The van der Waals surface area contributed by atoms with Crippen molar-refractivity contribution in [2.75, 3.05) is 16.8 Å². The minimum absolute atomic E-state index is 0.0822. The van der Waals surface area contributed by atoms with Crippen LogP contribution in [-0.2, 0) is 9.59 Å². The minimum Gasteiger partial charge on any atom is -0.326 e. The van der Waals surface area contributed by atoms with Gasteiger partial charge in [0.15, 0.2) is 0 Å². The van der Waals surface area contributed by atoms with E-state index in [2.05, 4.69) is 21.2 Å². The van der Waals surface area contributed by atoms with Crippen LogP contribution in [0.2, 0.25) is 0 Å². The van der Waals surface area contributed by atoms with Crippen LogP contribution in [0.4, 0.5) is 11.4 Å². The number of hydrogen-bond donors (Lipinski definition) is 1. The van der Waals surface area contributed by atoms with Gasteiger partial charge in [0, 0.05) is 24.8 Å². The Kier molecular flexibility index (Phi) is 4.01. The third kappa shape index (κ3) is 2.90. The van der Waals surface area contributed by atoms with Crippen LogP contribution in [-0.4, -0.2) is 23.2 Å². The third-order valence-corrected chi connectivity index (χ3v) is 3.72. The molecule has 1 atom stereocenters. The first-order valence-corrected chi connectivity index (χ1v) is 6.82. The van der Waals surface area contributed by atoms with E-state index in [0.717, 1.165) is 30.8 Å². The molecule has 96 valence electrons. The fraction of sp³-hybridized carbons (Fsp3) is 0.385. The Bertz CT molecular complexity index is 459. The molecule has 1 N–H and O–H groups in total. The maximum absolute atomic E-state index is 12.0. The second-order valence-corrected chi connectivity index (χ2v) is 5.43. The number of anilines is 2. The van der Waals surface area contributed by atoms with Crippen molar-refractivity contribution >= 4 is 39.1 Å². The van der Waals surface area contributed by atoms with Gasteiger partial charge >= 0.3 is 0 Å². The Morgan fingerprint density at radius 1 is 1.39 bits per heavy atom. The molecule has 1 aliphatic rings. The highest BCUT2D eigenvalue weighted by atomic mass is 79.9. The number of alkyl halides is 1. The molecular weight excluding hydrogens is 296 g/mol. The molecule has 0 bridgehead atoms. The van der Waals surface area contributed by atoms with E-state index in [-0.39, 0.29) is 16.6 Å². The van der Waals surface area contributed by atoms with Crippen LogP contribution in [0.25, 0.3) is 0 Å². The van der Waals surface area contributed by atoms with Gasteiger partial charge in [-0.2, -0.15) is 0 Å². The monoisotopic (exact) mass is 310 g/mol. The van der Waals surface area contributed by atoms with Crippen molar-refractivity contribution in [3.8, 4) is 0 Å². The van der Waals surface area contributed by atoms with Crippen molar-refractivity contribution in [3.63, 3.8) is 0 Å². The van der Waals surface area contributed by atoms with Crippen molar-refractivity contribution < 1.29 is 9.59 Å². The molecule has 0 aliphatic carbocycles. The smallest absolute Gasteiger partial charge is 0.240 e. The van der Waals surface area contributed by atoms with Gasteiger partial charge < -0.3 is 10.2 Å². The summed E-state index contributed by atoms with van der Waals surface area (Å²) >= 11 is 3.39. The molecule has 1 heterocycles. The van der Waals surface area contributed by atoms with Crippen molar-refractivity contribution in [2.24, 2.45) is 0 Å². The Labute approximate surface area is 114 Å². The molecule has 1 aliphatic heterocycles. The van der Waals surface area contributed by atoms with Gasteiger partial charge in [-0.3, -0.25) is 9.59 Å². The van der Waals surface area contributed by atoms with Crippen molar-refractivity contribution in [2.45, 2.75) is 24.6 Å². The van der Waals surface area contributed by atoms with E-state index in [1.807, 2.05) is 24.3 Å². The van der Waals surface area contributed by atoms with E-state index in [4.69, 9.17) is 0 Å². The van der Waals surface area contributed by atoms with Crippen LogP contribution in [0.15, 0.2) is 24.3 Å². The molecule has 1 aromatic rings. The SMILES string of the molecule is CC(=O)Nc1ccc(N2CCCC(Br)C2=O)cc1. The maximum atomic E-state index is 12.0. The number of carbonyl (C=O) groups is 2. The van der Waals surface area contributed by atoms with Crippen LogP contribution in [0.1, 0.15) is 19.8 Å². The number of nitrogens with zero attached hydrogens (tertiary/aromatic N) is 1. The highest BCUT2D eigenvalue weighted by Gasteiger charge is 2.27. The number of nitrogens with one attached hydrogen (secondary N) is 1. The van der Waals surface area contributed by atoms with E-state index >= 15 is 0 Å². The van der Waals surface area contributed by atoms with Gasteiger partial charge in [0.2, 0.25) is 11.8 Å². The fourth-order valence-electron chi connectivity index (χ4n) is 2.02. The molecule has 1 fully saturated rings. The average Bonchev–Trinajstić information content (AvgIpc) is 2.33. The van der Waals surface area contributed by atoms with Gasteiger partial charge in [-0.15, -0.1) is 0 Å². The van der Waals surface area contributed by atoms with E-state index < -0.39 is 0 Å². The minimum atomic E-state index is -0.0997. The third-order valence-electron chi connectivity index (χ3n) is 2.87. The number of halogens is 1. The molecule has 0 radical (unpaired) electrons. The normalized spacial score (nSPS) is 19.8. The van der Waals surface area contributed by atoms with Gasteiger partial charge in [0.05, 0.1) is 4.83 Å². The predicted molar refractivity (Wildman–Crippen MR) is 75.0 cm³/mol. The first-order valence-electron chi connectivity index (χ1n) is 5.91. The summed E-state index contributed by atoms with van der Waals surface area (Å²) in [5.41, 5.74) is 1.62. The van der Waals surface area contributed by atoms with Gasteiger partial charge in [-0.1, -0.05) is 15.9 Å². The van der Waals surface area contributed by atoms with Gasteiger partial charge in [0.1, 0.15) is 0 Å². The summed E-state index contributed by atoms with van der Waals surface area (Å²) in [5.74, 6) is 0.00542. The standard InChI is InChI=1S/C13H15BrN2O2/c1-9(17)15-10-4-6-11(7-5-10)16-8-2-3-12(14)13(16)18/h4-7,12H,2-3,8H2,1H3,(H,15,17). The summed E-state index contributed by atoms with van der Waals surface area (Å²) < 4.78 is 0. The number of hydrogen-bond acceptors (Lipinski definition) is 2. The van der Waals surface area contributed by atoms with Crippen LogP contribution in [0.5, 0.6) is 0 Å². The number of amides is 2. The summed E-state index contributed by atoms with van der Waals surface area (Å²) in [7, 11) is 0. The lowest BCUT2D eigenvalue weighted by Gasteiger charge is -2.29.